The molecule has 2 rings (SSSR count). The minimum Gasteiger partial charge on any atom is -0.478 e. The van der Waals surface area contributed by atoms with Crippen molar-refractivity contribution in [3.8, 4) is 0 Å². The topological polar surface area (TPSA) is 55.1 Å². The summed E-state index contributed by atoms with van der Waals surface area (Å²) < 4.78 is 2.09. The molecule has 0 radical (unpaired) electrons. The fourth-order valence-electron chi connectivity index (χ4n) is 2.31. The van der Waals surface area contributed by atoms with Gasteiger partial charge in [0, 0.05) is 12.1 Å². The van der Waals surface area contributed by atoms with Crippen molar-refractivity contribution < 1.29 is 9.90 Å². The Balaban J connectivity index is 2.71. The van der Waals surface area contributed by atoms with Gasteiger partial charge in [0.05, 0.1) is 11.0 Å². The number of imidazole rings is 1. The number of aryl methyl sites for hydroxylation is 1. The van der Waals surface area contributed by atoms with Gasteiger partial charge in [-0.1, -0.05) is 19.1 Å². The summed E-state index contributed by atoms with van der Waals surface area (Å²) in [5.41, 5.74) is 3.25. The molecule has 0 unspecified atom stereocenters. The second kappa shape index (κ2) is 5.26. The Hall–Kier alpha value is -2.10. The summed E-state index contributed by atoms with van der Waals surface area (Å²) in [4.78, 5) is 15.2. The molecular formula is C15H18N2O2. The van der Waals surface area contributed by atoms with Gasteiger partial charge in [-0.15, -0.1) is 0 Å². The average molecular weight is 258 g/mol. The zero-order valence-corrected chi connectivity index (χ0v) is 11.4. The lowest BCUT2D eigenvalue weighted by Crippen LogP contribution is -2.05. The van der Waals surface area contributed by atoms with Crippen LogP contribution in [0, 0.1) is 0 Å². The van der Waals surface area contributed by atoms with Gasteiger partial charge in [-0.05, 0) is 38.0 Å². The van der Waals surface area contributed by atoms with Crippen LogP contribution in [-0.4, -0.2) is 20.6 Å². The van der Waals surface area contributed by atoms with Gasteiger partial charge in [-0.25, -0.2) is 9.78 Å². The second-order valence-electron chi connectivity index (χ2n) is 4.74. The van der Waals surface area contributed by atoms with Crippen molar-refractivity contribution in [1.82, 2.24) is 9.55 Å². The third-order valence-corrected chi connectivity index (χ3v) is 3.09. The molecule has 1 aromatic heterocycles. The van der Waals surface area contributed by atoms with Gasteiger partial charge in [0.1, 0.15) is 5.82 Å². The maximum Gasteiger partial charge on any atom is 0.328 e. The fourth-order valence-corrected chi connectivity index (χ4v) is 2.31. The first-order valence-electron chi connectivity index (χ1n) is 6.45. The Labute approximate surface area is 112 Å². The summed E-state index contributed by atoms with van der Waals surface area (Å²) in [6.45, 7) is 6.26. The van der Waals surface area contributed by atoms with Gasteiger partial charge in [-0.2, -0.15) is 0 Å². The van der Waals surface area contributed by atoms with E-state index in [1.54, 1.807) is 6.08 Å². The molecule has 2 aromatic rings. The zero-order chi connectivity index (χ0) is 14.0. The number of benzene rings is 1. The number of carbonyl (C=O) groups is 1. The van der Waals surface area contributed by atoms with Crippen LogP contribution in [0.25, 0.3) is 17.1 Å². The Morgan fingerprint density at radius 2 is 2.21 bits per heavy atom. The molecule has 19 heavy (non-hydrogen) atoms. The predicted molar refractivity (Wildman–Crippen MR) is 76.2 cm³/mol. The van der Waals surface area contributed by atoms with Crippen LogP contribution < -0.4 is 0 Å². The largest absolute Gasteiger partial charge is 0.478 e. The van der Waals surface area contributed by atoms with Gasteiger partial charge in [0.25, 0.3) is 0 Å². The van der Waals surface area contributed by atoms with Crippen LogP contribution in [0.1, 0.15) is 38.2 Å². The molecule has 0 amide bonds. The van der Waals surface area contributed by atoms with Crippen molar-refractivity contribution in [3.63, 3.8) is 0 Å². The first kappa shape index (κ1) is 13.3. The first-order valence-corrected chi connectivity index (χ1v) is 6.45. The fraction of sp³-hybridized carbons (Fsp3) is 0.333. The minimum absolute atomic E-state index is 0.228. The molecule has 1 N–H and O–H groups in total. The molecule has 0 saturated carbocycles. The summed E-state index contributed by atoms with van der Waals surface area (Å²) in [5.74, 6) is -0.272. The van der Waals surface area contributed by atoms with Gasteiger partial charge in [0.2, 0.25) is 0 Å². The summed E-state index contributed by atoms with van der Waals surface area (Å²) >= 11 is 0. The molecule has 100 valence electrons. The highest BCUT2D eigenvalue weighted by atomic mass is 16.4. The first-order chi connectivity index (χ1) is 9.04. The number of hydrogen-bond donors (Lipinski definition) is 1. The van der Waals surface area contributed by atoms with Crippen molar-refractivity contribution in [1.29, 1.82) is 0 Å². The quantitative estimate of drug-likeness (QED) is 0.856. The third kappa shape index (κ3) is 2.52. The SMILES string of the molecule is CCc1cccc2nc(/C=C/C(=O)O)n(C(C)C)c12. The summed E-state index contributed by atoms with van der Waals surface area (Å²) in [7, 11) is 0. The number of para-hydroxylation sites is 1. The average Bonchev–Trinajstić information content (AvgIpc) is 2.74. The van der Waals surface area contributed by atoms with Crippen LogP contribution >= 0.6 is 0 Å². The molecule has 0 spiro atoms. The highest BCUT2D eigenvalue weighted by Gasteiger charge is 2.14. The molecule has 0 saturated heterocycles. The van der Waals surface area contributed by atoms with Crippen molar-refractivity contribution >= 4 is 23.1 Å². The molecule has 0 fully saturated rings. The van der Waals surface area contributed by atoms with Crippen LogP contribution in [0.3, 0.4) is 0 Å². The van der Waals surface area contributed by atoms with E-state index in [0.29, 0.717) is 5.82 Å². The lowest BCUT2D eigenvalue weighted by Gasteiger charge is -2.13. The van der Waals surface area contributed by atoms with Gasteiger partial charge in [-0.3, -0.25) is 0 Å². The van der Waals surface area contributed by atoms with E-state index < -0.39 is 5.97 Å². The normalized spacial score (nSPS) is 11.8. The van der Waals surface area contributed by atoms with Crippen molar-refractivity contribution in [3.05, 3.63) is 35.7 Å². The number of nitrogens with zero attached hydrogens (tertiary/aromatic N) is 2. The number of rotatable bonds is 4. The number of hydrogen-bond acceptors (Lipinski definition) is 2. The Morgan fingerprint density at radius 3 is 2.79 bits per heavy atom. The molecule has 0 aliphatic rings. The molecule has 4 heteroatoms. The summed E-state index contributed by atoms with van der Waals surface area (Å²) in [6, 6.07) is 6.27. The Morgan fingerprint density at radius 1 is 1.47 bits per heavy atom. The summed E-state index contributed by atoms with van der Waals surface area (Å²) in [6.07, 6.45) is 3.62. The molecule has 1 heterocycles. The van der Waals surface area contributed by atoms with Crippen molar-refractivity contribution in [2.45, 2.75) is 33.2 Å². The standard InChI is InChI=1S/C15H18N2O2/c1-4-11-6-5-7-12-15(11)17(10(2)3)13(16-12)8-9-14(18)19/h5-10H,4H2,1-3H3,(H,18,19)/b9-8+. The molecule has 0 aliphatic heterocycles. The molecule has 1 aromatic carbocycles. The lowest BCUT2D eigenvalue weighted by molar-refractivity contribution is -0.131. The van der Waals surface area contributed by atoms with E-state index in [-0.39, 0.29) is 6.04 Å². The van der Waals surface area contributed by atoms with Crippen LogP contribution in [0.2, 0.25) is 0 Å². The maximum atomic E-state index is 10.7. The monoisotopic (exact) mass is 258 g/mol. The maximum absolute atomic E-state index is 10.7. The van der Waals surface area contributed by atoms with Gasteiger partial charge in [0.15, 0.2) is 0 Å². The van der Waals surface area contributed by atoms with E-state index in [1.807, 2.05) is 12.1 Å². The molecule has 0 aliphatic carbocycles. The van der Waals surface area contributed by atoms with Crippen LogP contribution in [-0.2, 0) is 11.2 Å². The smallest absolute Gasteiger partial charge is 0.328 e. The predicted octanol–water partition coefficient (Wildman–Crippen LogP) is 3.28. The van der Waals surface area contributed by atoms with E-state index in [1.165, 1.54) is 5.56 Å². The molecule has 4 nitrogen and oxygen atoms in total. The number of carboxylic acid groups (broad SMARTS) is 1. The van der Waals surface area contributed by atoms with E-state index in [2.05, 4.69) is 36.4 Å². The van der Waals surface area contributed by atoms with E-state index in [0.717, 1.165) is 23.5 Å². The highest BCUT2D eigenvalue weighted by molar-refractivity contribution is 5.87. The zero-order valence-electron chi connectivity index (χ0n) is 11.4. The van der Waals surface area contributed by atoms with Crippen LogP contribution in [0.15, 0.2) is 24.3 Å². The number of carboxylic acids is 1. The Bertz CT molecular complexity index is 639. The number of aromatic nitrogens is 2. The van der Waals surface area contributed by atoms with Gasteiger partial charge < -0.3 is 9.67 Å². The van der Waals surface area contributed by atoms with Crippen LogP contribution in [0.4, 0.5) is 0 Å². The van der Waals surface area contributed by atoms with Crippen molar-refractivity contribution in [2.24, 2.45) is 0 Å². The van der Waals surface area contributed by atoms with Crippen molar-refractivity contribution in [2.75, 3.05) is 0 Å². The summed E-state index contributed by atoms with van der Waals surface area (Å²) in [5, 5.41) is 8.76. The minimum atomic E-state index is -0.960. The van der Waals surface area contributed by atoms with Crippen LogP contribution in [0.5, 0.6) is 0 Å². The van der Waals surface area contributed by atoms with E-state index >= 15 is 0 Å². The van der Waals surface area contributed by atoms with E-state index in [4.69, 9.17) is 5.11 Å². The molecular weight excluding hydrogens is 240 g/mol. The highest BCUT2D eigenvalue weighted by Crippen LogP contribution is 2.25. The second-order valence-corrected chi connectivity index (χ2v) is 4.74. The molecule has 0 bridgehead atoms. The number of aliphatic carboxylic acids is 1. The van der Waals surface area contributed by atoms with Gasteiger partial charge >= 0.3 is 5.97 Å². The third-order valence-electron chi connectivity index (χ3n) is 3.09. The Kier molecular flexibility index (Phi) is 3.69. The van der Waals surface area contributed by atoms with E-state index in [9.17, 15) is 4.79 Å². The number of fused-ring (bicyclic) bond motifs is 1. The lowest BCUT2D eigenvalue weighted by atomic mass is 10.1. The molecule has 0 atom stereocenters.